The van der Waals surface area contributed by atoms with Gasteiger partial charge in [-0.1, -0.05) is 18.2 Å². The molecule has 3 aromatic rings. The molecular formula is C19H15N3O2. The van der Waals surface area contributed by atoms with Gasteiger partial charge in [-0.3, -0.25) is 19.7 Å². The average molecular weight is 317 g/mol. The highest BCUT2D eigenvalue weighted by atomic mass is 16.5. The molecule has 1 fully saturated rings. The Morgan fingerprint density at radius 2 is 1.46 bits per heavy atom. The number of carbonyl (C=O) groups is 1. The lowest BCUT2D eigenvalue weighted by molar-refractivity contribution is -0.135. The van der Waals surface area contributed by atoms with Crippen molar-refractivity contribution in [3.63, 3.8) is 0 Å². The number of ether oxygens (including phenoxy) is 1. The molecule has 118 valence electrons. The first kappa shape index (κ1) is 14.4. The standard InChI is InChI=1S/C19H15N3O2/c23-19-18(24-16-4-2-1-3-5-16)17(14-6-10-20-11-7-14)22(19)15-8-12-21-13-9-15/h1-13,17-18H/t17-,18-/m1/s1. The van der Waals surface area contributed by atoms with E-state index < -0.39 is 6.10 Å². The second kappa shape index (κ2) is 6.12. The predicted molar refractivity (Wildman–Crippen MR) is 89.6 cm³/mol. The van der Waals surface area contributed by atoms with E-state index in [1.54, 1.807) is 29.7 Å². The summed E-state index contributed by atoms with van der Waals surface area (Å²) in [6.45, 7) is 0. The SMILES string of the molecule is O=C1[C@H](Oc2ccccc2)[C@@H](c2ccncc2)N1c1ccncc1. The number of β-lactam (4-membered cyclic amide) rings is 1. The zero-order chi connectivity index (χ0) is 16.4. The highest BCUT2D eigenvalue weighted by Crippen LogP contribution is 2.40. The number of hydrogen-bond donors (Lipinski definition) is 0. The van der Waals surface area contributed by atoms with E-state index in [-0.39, 0.29) is 11.9 Å². The summed E-state index contributed by atoms with van der Waals surface area (Å²) >= 11 is 0. The van der Waals surface area contributed by atoms with E-state index in [0.717, 1.165) is 11.3 Å². The zero-order valence-electron chi connectivity index (χ0n) is 12.8. The molecule has 5 nitrogen and oxygen atoms in total. The summed E-state index contributed by atoms with van der Waals surface area (Å²) in [7, 11) is 0. The number of nitrogens with zero attached hydrogens (tertiary/aromatic N) is 3. The minimum absolute atomic E-state index is 0.0631. The Hall–Kier alpha value is -3.21. The van der Waals surface area contributed by atoms with Crippen LogP contribution in [-0.4, -0.2) is 22.0 Å². The van der Waals surface area contributed by atoms with Gasteiger partial charge in [-0.2, -0.15) is 0 Å². The normalized spacial score (nSPS) is 19.7. The molecule has 3 heterocycles. The van der Waals surface area contributed by atoms with Crippen LogP contribution < -0.4 is 9.64 Å². The Bertz CT molecular complexity index is 825. The van der Waals surface area contributed by atoms with Gasteiger partial charge >= 0.3 is 0 Å². The van der Waals surface area contributed by atoms with E-state index >= 15 is 0 Å². The first-order valence-electron chi connectivity index (χ1n) is 7.69. The van der Waals surface area contributed by atoms with Gasteiger partial charge in [0.15, 0.2) is 0 Å². The molecule has 0 aliphatic carbocycles. The van der Waals surface area contributed by atoms with Gasteiger partial charge in [-0.15, -0.1) is 0 Å². The lowest BCUT2D eigenvalue weighted by Crippen LogP contribution is -2.61. The van der Waals surface area contributed by atoms with Crippen LogP contribution in [0, 0.1) is 0 Å². The van der Waals surface area contributed by atoms with E-state index in [1.807, 2.05) is 54.6 Å². The number of aromatic nitrogens is 2. The molecule has 0 unspecified atom stereocenters. The first-order valence-corrected chi connectivity index (χ1v) is 7.69. The summed E-state index contributed by atoms with van der Waals surface area (Å²) in [5.74, 6) is 0.621. The van der Waals surface area contributed by atoms with Crippen molar-refractivity contribution in [3.05, 3.63) is 84.9 Å². The van der Waals surface area contributed by atoms with Crippen molar-refractivity contribution >= 4 is 11.6 Å². The van der Waals surface area contributed by atoms with Crippen LogP contribution in [-0.2, 0) is 4.79 Å². The molecule has 1 aliphatic rings. The van der Waals surface area contributed by atoms with Gasteiger partial charge in [0.1, 0.15) is 11.8 Å². The maximum atomic E-state index is 12.7. The topological polar surface area (TPSA) is 55.3 Å². The molecule has 0 bridgehead atoms. The van der Waals surface area contributed by atoms with E-state index in [0.29, 0.717) is 5.75 Å². The fraction of sp³-hybridized carbons (Fsp3) is 0.105. The van der Waals surface area contributed by atoms with Gasteiger partial charge in [0.05, 0.1) is 0 Å². The van der Waals surface area contributed by atoms with Gasteiger partial charge in [0.25, 0.3) is 5.91 Å². The highest BCUT2D eigenvalue weighted by Gasteiger charge is 2.51. The summed E-state index contributed by atoms with van der Waals surface area (Å²) in [5.41, 5.74) is 1.80. The molecule has 0 N–H and O–H groups in total. The number of rotatable bonds is 4. The fourth-order valence-electron chi connectivity index (χ4n) is 2.90. The number of carbonyl (C=O) groups excluding carboxylic acids is 1. The second-order valence-corrected chi connectivity index (χ2v) is 5.49. The van der Waals surface area contributed by atoms with Crippen LogP contribution in [0.5, 0.6) is 5.75 Å². The van der Waals surface area contributed by atoms with Gasteiger partial charge < -0.3 is 4.74 Å². The molecular weight excluding hydrogens is 302 g/mol. The van der Waals surface area contributed by atoms with Gasteiger partial charge in [-0.25, -0.2) is 0 Å². The lowest BCUT2D eigenvalue weighted by Gasteiger charge is -2.46. The summed E-state index contributed by atoms with van der Waals surface area (Å²) < 4.78 is 5.95. The van der Waals surface area contributed by atoms with Crippen molar-refractivity contribution in [1.29, 1.82) is 0 Å². The molecule has 0 spiro atoms. The third-order valence-electron chi connectivity index (χ3n) is 4.04. The summed E-state index contributed by atoms with van der Waals surface area (Å²) in [6, 6.07) is 16.7. The number of hydrogen-bond acceptors (Lipinski definition) is 4. The number of para-hydroxylation sites is 1. The average Bonchev–Trinajstić information content (AvgIpc) is 2.66. The van der Waals surface area contributed by atoms with Crippen LogP contribution in [0.25, 0.3) is 0 Å². The Morgan fingerprint density at radius 1 is 0.833 bits per heavy atom. The molecule has 1 aromatic carbocycles. The second-order valence-electron chi connectivity index (χ2n) is 5.49. The Kier molecular flexibility index (Phi) is 3.67. The van der Waals surface area contributed by atoms with Crippen LogP contribution in [0.3, 0.4) is 0 Å². The van der Waals surface area contributed by atoms with Crippen molar-refractivity contribution in [2.24, 2.45) is 0 Å². The summed E-state index contributed by atoms with van der Waals surface area (Å²) in [6.07, 6.45) is 6.25. The third kappa shape index (κ3) is 2.50. The Labute approximate surface area is 139 Å². The van der Waals surface area contributed by atoms with Crippen molar-refractivity contribution in [2.45, 2.75) is 12.1 Å². The molecule has 0 saturated carbocycles. The molecule has 5 heteroatoms. The number of anilines is 1. The maximum absolute atomic E-state index is 12.7. The molecule has 4 rings (SSSR count). The van der Waals surface area contributed by atoms with Crippen molar-refractivity contribution in [1.82, 2.24) is 9.97 Å². The van der Waals surface area contributed by atoms with Crippen molar-refractivity contribution < 1.29 is 9.53 Å². The number of pyridine rings is 2. The summed E-state index contributed by atoms with van der Waals surface area (Å²) in [4.78, 5) is 22.5. The Balaban J connectivity index is 1.68. The van der Waals surface area contributed by atoms with Gasteiger partial charge in [0, 0.05) is 30.5 Å². The van der Waals surface area contributed by atoms with Crippen LogP contribution in [0.15, 0.2) is 79.4 Å². The van der Waals surface area contributed by atoms with Crippen LogP contribution >= 0.6 is 0 Å². The molecule has 1 aliphatic heterocycles. The molecule has 2 aromatic heterocycles. The minimum Gasteiger partial charge on any atom is -0.478 e. The van der Waals surface area contributed by atoms with E-state index in [9.17, 15) is 4.79 Å². The smallest absolute Gasteiger partial charge is 0.271 e. The summed E-state index contributed by atoms with van der Waals surface area (Å²) in [5, 5.41) is 0. The van der Waals surface area contributed by atoms with E-state index in [1.165, 1.54) is 0 Å². The quantitative estimate of drug-likeness (QED) is 0.694. The van der Waals surface area contributed by atoms with Gasteiger partial charge in [-0.05, 0) is 42.0 Å². The molecule has 1 saturated heterocycles. The van der Waals surface area contributed by atoms with Gasteiger partial charge in [0.2, 0.25) is 6.10 Å². The van der Waals surface area contributed by atoms with E-state index in [4.69, 9.17) is 4.74 Å². The third-order valence-corrected chi connectivity index (χ3v) is 4.04. The fourth-order valence-corrected chi connectivity index (χ4v) is 2.90. The predicted octanol–water partition coefficient (Wildman–Crippen LogP) is 3.01. The molecule has 0 radical (unpaired) electrons. The lowest BCUT2D eigenvalue weighted by atomic mass is 9.90. The Morgan fingerprint density at radius 3 is 2.12 bits per heavy atom. The van der Waals surface area contributed by atoms with E-state index in [2.05, 4.69) is 9.97 Å². The minimum atomic E-state index is -0.553. The van der Waals surface area contributed by atoms with Crippen LogP contribution in [0.2, 0.25) is 0 Å². The molecule has 1 amide bonds. The largest absolute Gasteiger partial charge is 0.478 e. The van der Waals surface area contributed by atoms with Crippen molar-refractivity contribution in [3.8, 4) is 5.75 Å². The number of benzene rings is 1. The maximum Gasteiger partial charge on any atom is 0.271 e. The highest BCUT2D eigenvalue weighted by molar-refractivity contribution is 6.05. The zero-order valence-corrected chi connectivity index (χ0v) is 12.8. The first-order chi connectivity index (χ1) is 11.8. The van der Waals surface area contributed by atoms with Crippen molar-refractivity contribution in [2.75, 3.05) is 4.90 Å². The van der Waals surface area contributed by atoms with Crippen LogP contribution in [0.1, 0.15) is 11.6 Å². The monoisotopic (exact) mass is 317 g/mol. The van der Waals surface area contributed by atoms with Crippen LogP contribution in [0.4, 0.5) is 5.69 Å². The number of amides is 1. The molecule has 24 heavy (non-hydrogen) atoms. The molecule has 2 atom stereocenters.